The van der Waals surface area contributed by atoms with Crippen LogP contribution < -0.4 is 11.1 Å². The number of nitro benzene ring substituents is 1. The molecule has 0 bridgehead atoms. The molecule has 3 N–H and O–H groups in total. The monoisotopic (exact) mass is 327 g/mol. The van der Waals surface area contributed by atoms with Crippen molar-refractivity contribution in [3.8, 4) is 0 Å². The van der Waals surface area contributed by atoms with Crippen molar-refractivity contribution in [2.45, 2.75) is 42.5 Å². The first kappa shape index (κ1) is 16.7. The fraction of sp³-hybridized carbons (Fsp3) is 0.571. The van der Waals surface area contributed by atoms with Gasteiger partial charge in [0, 0.05) is 24.4 Å². The van der Waals surface area contributed by atoms with E-state index in [1.807, 2.05) is 0 Å². The van der Waals surface area contributed by atoms with E-state index in [0.29, 0.717) is 12.2 Å². The lowest BCUT2D eigenvalue weighted by atomic mass is 9.82. The van der Waals surface area contributed by atoms with Crippen LogP contribution in [0, 0.1) is 10.1 Å². The van der Waals surface area contributed by atoms with Gasteiger partial charge in [0.25, 0.3) is 5.69 Å². The Morgan fingerprint density at radius 3 is 2.50 bits per heavy atom. The molecule has 1 saturated carbocycles. The van der Waals surface area contributed by atoms with Crippen molar-refractivity contribution in [1.29, 1.82) is 0 Å². The number of hydrogen-bond donors (Lipinski definition) is 2. The number of benzene rings is 1. The van der Waals surface area contributed by atoms with E-state index < -0.39 is 14.8 Å². The van der Waals surface area contributed by atoms with E-state index in [2.05, 4.69) is 5.32 Å². The molecule has 0 heterocycles. The number of rotatable bonds is 5. The van der Waals surface area contributed by atoms with Gasteiger partial charge in [0.15, 0.2) is 9.84 Å². The molecule has 0 radical (unpaired) electrons. The fourth-order valence-electron chi connectivity index (χ4n) is 2.75. The number of nitrogens with two attached hydrogens (primary N) is 1. The second kappa shape index (κ2) is 6.21. The molecule has 0 atom stereocenters. The molecule has 1 aromatic rings. The summed E-state index contributed by atoms with van der Waals surface area (Å²) < 4.78 is 23.0. The van der Waals surface area contributed by atoms with Crippen molar-refractivity contribution in [2.75, 3.05) is 18.1 Å². The fourth-order valence-corrected chi connectivity index (χ4v) is 3.39. The van der Waals surface area contributed by atoms with Gasteiger partial charge in [-0.05, 0) is 25.0 Å². The Morgan fingerprint density at radius 2 is 1.95 bits per heavy atom. The van der Waals surface area contributed by atoms with Gasteiger partial charge in [-0.3, -0.25) is 10.1 Å². The Morgan fingerprint density at radius 1 is 1.32 bits per heavy atom. The molecule has 2 rings (SSSR count). The zero-order valence-corrected chi connectivity index (χ0v) is 13.4. The average molecular weight is 327 g/mol. The summed E-state index contributed by atoms with van der Waals surface area (Å²) in [4.78, 5) is 10.5. The molecule has 1 aromatic carbocycles. The van der Waals surface area contributed by atoms with Crippen LogP contribution in [-0.2, 0) is 9.84 Å². The number of anilines is 1. The minimum absolute atomic E-state index is 0.0649. The number of nitrogens with one attached hydrogen (secondary N) is 1. The van der Waals surface area contributed by atoms with Crippen LogP contribution in [0.25, 0.3) is 0 Å². The van der Waals surface area contributed by atoms with Crippen molar-refractivity contribution in [3.63, 3.8) is 0 Å². The van der Waals surface area contributed by atoms with Gasteiger partial charge in [-0.15, -0.1) is 0 Å². The summed E-state index contributed by atoms with van der Waals surface area (Å²) in [5.41, 5.74) is 6.00. The summed E-state index contributed by atoms with van der Waals surface area (Å²) in [7, 11) is -3.48. The Hall–Kier alpha value is -1.67. The second-order valence-electron chi connectivity index (χ2n) is 5.98. The van der Waals surface area contributed by atoms with E-state index in [0.717, 1.165) is 38.0 Å². The van der Waals surface area contributed by atoms with Gasteiger partial charge < -0.3 is 11.1 Å². The molecule has 7 nitrogen and oxygen atoms in total. The predicted molar refractivity (Wildman–Crippen MR) is 84.7 cm³/mol. The van der Waals surface area contributed by atoms with Crippen LogP contribution in [0.4, 0.5) is 11.4 Å². The summed E-state index contributed by atoms with van der Waals surface area (Å²) in [6.45, 7) is 0.437. The summed E-state index contributed by atoms with van der Waals surface area (Å²) in [6, 6.07) is 3.89. The normalized spacial score (nSPS) is 17.9. The summed E-state index contributed by atoms with van der Waals surface area (Å²) in [5.74, 6) is 0. The Kier molecular flexibility index (Phi) is 4.72. The van der Waals surface area contributed by atoms with E-state index in [1.165, 1.54) is 18.6 Å². The highest BCUT2D eigenvalue weighted by Gasteiger charge is 2.28. The van der Waals surface area contributed by atoms with Gasteiger partial charge in [-0.2, -0.15) is 0 Å². The van der Waals surface area contributed by atoms with Gasteiger partial charge >= 0.3 is 0 Å². The molecule has 1 aliphatic carbocycles. The molecule has 0 saturated heterocycles. The highest BCUT2D eigenvalue weighted by molar-refractivity contribution is 7.90. The van der Waals surface area contributed by atoms with E-state index in [9.17, 15) is 18.5 Å². The molecule has 1 aliphatic rings. The van der Waals surface area contributed by atoms with Crippen LogP contribution in [0.5, 0.6) is 0 Å². The third-order valence-corrected chi connectivity index (χ3v) is 5.18. The quantitative estimate of drug-likeness (QED) is 0.632. The molecule has 0 spiro atoms. The van der Waals surface area contributed by atoms with Gasteiger partial charge in [0.2, 0.25) is 0 Å². The van der Waals surface area contributed by atoms with Crippen LogP contribution in [0.2, 0.25) is 0 Å². The van der Waals surface area contributed by atoms with Crippen LogP contribution in [0.15, 0.2) is 23.1 Å². The standard InChI is InChI=1S/C14H21N3O4S/c1-22(20,21)11-5-6-12(13(9-11)17(18)19)16-10-14(15)7-3-2-4-8-14/h5-6,9,16H,2-4,7-8,10,15H2,1H3. The molecular weight excluding hydrogens is 306 g/mol. The average Bonchev–Trinajstić information content (AvgIpc) is 2.44. The van der Waals surface area contributed by atoms with Crippen LogP contribution >= 0.6 is 0 Å². The van der Waals surface area contributed by atoms with E-state index in [-0.39, 0.29) is 16.1 Å². The van der Waals surface area contributed by atoms with Crippen LogP contribution in [0.3, 0.4) is 0 Å². The van der Waals surface area contributed by atoms with Crippen molar-refractivity contribution in [3.05, 3.63) is 28.3 Å². The maximum absolute atomic E-state index is 11.5. The molecule has 122 valence electrons. The molecule has 22 heavy (non-hydrogen) atoms. The van der Waals surface area contributed by atoms with Crippen molar-refractivity contribution in [2.24, 2.45) is 5.73 Å². The van der Waals surface area contributed by atoms with Crippen molar-refractivity contribution in [1.82, 2.24) is 0 Å². The first-order valence-corrected chi connectivity index (χ1v) is 9.12. The number of sulfone groups is 1. The van der Waals surface area contributed by atoms with E-state index in [4.69, 9.17) is 5.73 Å². The highest BCUT2D eigenvalue weighted by atomic mass is 32.2. The van der Waals surface area contributed by atoms with Gasteiger partial charge in [0.05, 0.1) is 9.82 Å². The smallest absolute Gasteiger partial charge is 0.293 e. The molecule has 8 heteroatoms. The third-order valence-electron chi connectivity index (χ3n) is 4.07. The Balaban J connectivity index is 2.21. The SMILES string of the molecule is CS(=O)(=O)c1ccc(NCC2(N)CCCCC2)c([N+](=O)[O-])c1. The lowest BCUT2D eigenvalue weighted by molar-refractivity contribution is -0.384. The zero-order valence-electron chi connectivity index (χ0n) is 12.5. The van der Waals surface area contributed by atoms with E-state index >= 15 is 0 Å². The molecule has 1 fully saturated rings. The summed E-state index contributed by atoms with van der Waals surface area (Å²) >= 11 is 0. The number of nitrogens with zero attached hydrogens (tertiary/aromatic N) is 1. The first-order valence-electron chi connectivity index (χ1n) is 7.23. The third kappa shape index (κ3) is 3.95. The zero-order chi connectivity index (χ0) is 16.4. The Labute approximate surface area is 130 Å². The minimum atomic E-state index is -3.48. The molecular formula is C14H21N3O4S. The number of nitro groups is 1. The molecule has 0 aliphatic heterocycles. The Bertz CT molecular complexity index is 667. The summed E-state index contributed by atoms with van der Waals surface area (Å²) in [6.07, 6.45) is 6.09. The van der Waals surface area contributed by atoms with Crippen LogP contribution in [0.1, 0.15) is 32.1 Å². The van der Waals surface area contributed by atoms with Crippen molar-refractivity contribution < 1.29 is 13.3 Å². The van der Waals surface area contributed by atoms with Gasteiger partial charge in [-0.25, -0.2) is 8.42 Å². The maximum atomic E-state index is 11.5. The van der Waals surface area contributed by atoms with Gasteiger partial charge in [0.1, 0.15) is 5.69 Å². The van der Waals surface area contributed by atoms with Crippen molar-refractivity contribution >= 4 is 21.2 Å². The largest absolute Gasteiger partial charge is 0.378 e. The highest BCUT2D eigenvalue weighted by Crippen LogP contribution is 2.30. The van der Waals surface area contributed by atoms with E-state index in [1.54, 1.807) is 0 Å². The summed E-state index contributed by atoms with van der Waals surface area (Å²) in [5, 5.41) is 14.2. The lowest BCUT2D eigenvalue weighted by Crippen LogP contribution is -2.47. The molecule has 0 aromatic heterocycles. The predicted octanol–water partition coefficient (Wildman–Crippen LogP) is 2.07. The molecule has 0 unspecified atom stereocenters. The maximum Gasteiger partial charge on any atom is 0.293 e. The topological polar surface area (TPSA) is 115 Å². The molecule has 0 amide bonds. The minimum Gasteiger partial charge on any atom is -0.378 e. The number of hydrogen-bond acceptors (Lipinski definition) is 6. The van der Waals surface area contributed by atoms with Gasteiger partial charge in [-0.1, -0.05) is 19.3 Å². The first-order chi connectivity index (χ1) is 10.2. The lowest BCUT2D eigenvalue weighted by Gasteiger charge is -2.33. The second-order valence-corrected chi connectivity index (χ2v) is 8.00. The van der Waals surface area contributed by atoms with Crippen LogP contribution in [-0.4, -0.2) is 31.7 Å².